The van der Waals surface area contributed by atoms with Gasteiger partial charge >= 0.3 is 0 Å². The molecule has 0 aliphatic heterocycles. The van der Waals surface area contributed by atoms with Crippen LogP contribution in [0.4, 0.5) is 5.95 Å². The van der Waals surface area contributed by atoms with Gasteiger partial charge in [0.15, 0.2) is 17.1 Å². The van der Waals surface area contributed by atoms with Gasteiger partial charge in [0.05, 0.1) is 26.0 Å². The highest BCUT2D eigenvalue weighted by Crippen LogP contribution is 2.27. The molecular formula is C19H18N6O2. The zero-order valence-electron chi connectivity index (χ0n) is 15.2. The Balaban J connectivity index is 1.60. The third kappa shape index (κ3) is 3.01. The van der Waals surface area contributed by atoms with E-state index in [2.05, 4.69) is 25.7 Å². The number of benzene rings is 2. The van der Waals surface area contributed by atoms with Crippen molar-refractivity contribution in [1.82, 2.24) is 19.7 Å². The van der Waals surface area contributed by atoms with E-state index in [0.717, 1.165) is 27.6 Å². The van der Waals surface area contributed by atoms with Crippen LogP contribution in [-0.2, 0) is 7.05 Å². The van der Waals surface area contributed by atoms with Gasteiger partial charge in [-0.1, -0.05) is 18.2 Å². The molecule has 0 atom stereocenters. The molecule has 4 rings (SSSR count). The minimum absolute atomic E-state index is 0.324. The number of nitrogens with zero attached hydrogens (tertiary/aromatic N) is 5. The molecule has 2 aromatic carbocycles. The van der Waals surface area contributed by atoms with Crippen molar-refractivity contribution in [3.05, 3.63) is 48.0 Å². The smallest absolute Gasteiger partial charge is 0.265 e. The van der Waals surface area contributed by atoms with Crippen LogP contribution in [0.2, 0.25) is 0 Å². The number of para-hydroxylation sites is 1. The van der Waals surface area contributed by atoms with Crippen molar-refractivity contribution in [3.8, 4) is 11.5 Å². The molecule has 1 N–H and O–H groups in total. The molecule has 4 aromatic rings. The van der Waals surface area contributed by atoms with Gasteiger partial charge < -0.3 is 14.0 Å². The summed E-state index contributed by atoms with van der Waals surface area (Å²) >= 11 is 0. The van der Waals surface area contributed by atoms with Crippen LogP contribution in [0.25, 0.3) is 22.1 Å². The monoisotopic (exact) mass is 362 g/mol. The first-order valence-corrected chi connectivity index (χ1v) is 8.30. The summed E-state index contributed by atoms with van der Waals surface area (Å²) in [6, 6.07) is 13.5. The predicted octanol–water partition coefficient (Wildman–Crippen LogP) is 2.98. The quantitative estimate of drug-likeness (QED) is 0.434. The lowest BCUT2D eigenvalue weighted by molar-refractivity contribution is 0.355. The number of methoxy groups -OCH3 is 2. The van der Waals surface area contributed by atoms with Crippen molar-refractivity contribution in [3.63, 3.8) is 0 Å². The Kier molecular flexibility index (Phi) is 4.29. The fraction of sp³-hybridized carbons (Fsp3) is 0.158. The molecule has 136 valence electrons. The SMILES string of the molecule is COc1ccc(/C=N/Nc2nnc3c4ccccc4n(C)c3n2)cc1OC. The Morgan fingerprint density at radius 2 is 1.85 bits per heavy atom. The van der Waals surface area contributed by atoms with Gasteiger partial charge in [-0.25, -0.2) is 5.43 Å². The summed E-state index contributed by atoms with van der Waals surface area (Å²) in [6.45, 7) is 0. The Labute approximate surface area is 155 Å². The van der Waals surface area contributed by atoms with Gasteiger partial charge in [0.2, 0.25) is 0 Å². The van der Waals surface area contributed by atoms with Gasteiger partial charge in [-0.2, -0.15) is 10.1 Å². The van der Waals surface area contributed by atoms with Gasteiger partial charge in [-0.05, 0) is 29.8 Å². The summed E-state index contributed by atoms with van der Waals surface area (Å²) < 4.78 is 12.5. The molecule has 0 unspecified atom stereocenters. The van der Waals surface area contributed by atoms with Crippen LogP contribution < -0.4 is 14.9 Å². The van der Waals surface area contributed by atoms with Crippen LogP contribution in [0.15, 0.2) is 47.6 Å². The third-order valence-corrected chi connectivity index (χ3v) is 4.29. The second-order valence-electron chi connectivity index (χ2n) is 5.87. The standard InChI is InChI=1S/C19H18N6O2/c1-25-14-7-5-4-6-13(14)17-18(25)21-19(24-22-17)23-20-11-12-8-9-15(26-2)16(10-12)27-3/h4-11H,1-3H3,(H,21,23,24)/b20-11+. The Hall–Kier alpha value is -3.68. The van der Waals surface area contributed by atoms with Crippen LogP contribution in [0.5, 0.6) is 11.5 Å². The van der Waals surface area contributed by atoms with Crippen LogP contribution >= 0.6 is 0 Å². The van der Waals surface area contributed by atoms with Gasteiger partial charge in [-0.3, -0.25) is 0 Å². The maximum absolute atomic E-state index is 5.29. The number of nitrogens with one attached hydrogen (secondary N) is 1. The molecule has 0 spiro atoms. The second-order valence-corrected chi connectivity index (χ2v) is 5.87. The number of anilines is 1. The number of fused-ring (bicyclic) bond motifs is 3. The molecule has 8 heteroatoms. The number of hydrazone groups is 1. The van der Waals surface area contributed by atoms with Crippen molar-refractivity contribution < 1.29 is 9.47 Å². The maximum Gasteiger partial charge on any atom is 0.265 e. The lowest BCUT2D eigenvalue weighted by atomic mass is 10.2. The second kappa shape index (κ2) is 6.91. The van der Waals surface area contributed by atoms with Crippen LogP contribution in [0, 0.1) is 0 Å². The molecule has 0 saturated heterocycles. The lowest BCUT2D eigenvalue weighted by Gasteiger charge is -2.07. The third-order valence-electron chi connectivity index (χ3n) is 4.29. The van der Waals surface area contributed by atoms with Crippen molar-refractivity contribution in [2.75, 3.05) is 19.6 Å². The minimum Gasteiger partial charge on any atom is -0.493 e. The van der Waals surface area contributed by atoms with E-state index >= 15 is 0 Å². The summed E-state index contributed by atoms with van der Waals surface area (Å²) in [4.78, 5) is 4.52. The summed E-state index contributed by atoms with van der Waals surface area (Å²) in [6.07, 6.45) is 1.65. The highest BCUT2D eigenvalue weighted by atomic mass is 16.5. The van der Waals surface area contributed by atoms with Crippen molar-refractivity contribution in [2.45, 2.75) is 0 Å². The minimum atomic E-state index is 0.324. The summed E-state index contributed by atoms with van der Waals surface area (Å²) in [5.41, 5.74) is 6.24. The van der Waals surface area contributed by atoms with Crippen LogP contribution in [0.1, 0.15) is 5.56 Å². The fourth-order valence-corrected chi connectivity index (χ4v) is 2.95. The first kappa shape index (κ1) is 16.8. The van der Waals surface area contributed by atoms with Crippen molar-refractivity contribution in [1.29, 1.82) is 0 Å². The number of hydrogen-bond acceptors (Lipinski definition) is 7. The van der Waals surface area contributed by atoms with Gasteiger partial charge in [0.1, 0.15) is 5.52 Å². The molecule has 2 heterocycles. The Bertz CT molecular complexity index is 1150. The van der Waals surface area contributed by atoms with E-state index in [0.29, 0.717) is 17.4 Å². The molecule has 8 nitrogen and oxygen atoms in total. The Morgan fingerprint density at radius 3 is 2.67 bits per heavy atom. The highest BCUT2D eigenvalue weighted by Gasteiger charge is 2.11. The average Bonchev–Trinajstić information content (AvgIpc) is 3.00. The number of hydrogen-bond donors (Lipinski definition) is 1. The topological polar surface area (TPSA) is 86.5 Å². The van der Waals surface area contributed by atoms with Crippen LogP contribution in [0.3, 0.4) is 0 Å². The molecule has 0 radical (unpaired) electrons. The van der Waals surface area contributed by atoms with E-state index in [4.69, 9.17) is 9.47 Å². The Morgan fingerprint density at radius 1 is 1.04 bits per heavy atom. The predicted molar refractivity (Wildman–Crippen MR) is 105 cm³/mol. The van der Waals surface area contributed by atoms with Gasteiger partial charge in [0, 0.05) is 12.4 Å². The molecule has 0 bridgehead atoms. The molecule has 0 amide bonds. The van der Waals surface area contributed by atoms with Crippen molar-refractivity contribution >= 4 is 34.2 Å². The van der Waals surface area contributed by atoms with E-state index in [1.807, 2.05) is 54.1 Å². The maximum atomic E-state index is 5.29. The molecule has 0 fully saturated rings. The van der Waals surface area contributed by atoms with Crippen LogP contribution in [-0.4, -0.2) is 40.2 Å². The summed E-state index contributed by atoms with van der Waals surface area (Å²) in [5.74, 6) is 1.62. The normalized spacial score (nSPS) is 11.4. The number of ether oxygens (including phenoxy) is 2. The molecule has 2 aromatic heterocycles. The molecule has 27 heavy (non-hydrogen) atoms. The van der Waals surface area contributed by atoms with E-state index in [9.17, 15) is 0 Å². The number of rotatable bonds is 5. The van der Waals surface area contributed by atoms with E-state index in [-0.39, 0.29) is 0 Å². The van der Waals surface area contributed by atoms with E-state index in [1.165, 1.54) is 0 Å². The van der Waals surface area contributed by atoms with Gasteiger partial charge in [-0.15, -0.1) is 10.2 Å². The largest absolute Gasteiger partial charge is 0.493 e. The van der Waals surface area contributed by atoms with E-state index < -0.39 is 0 Å². The first-order chi connectivity index (χ1) is 13.2. The summed E-state index contributed by atoms with van der Waals surface area (Å²) in [5, 5.41) is 13.6. The molecule has 0 saturated carbocycles. The highest BCUT2D eigenvalue weighted by molar-refractivity contribution is 6.04. The zero-order valence-corrected chi connectivity index (χ0v) is 15.2. The zero-order chi connectivity index (χ0) is 18.8. The number of aromatic nitrogens is 4. The lowest BCUT2D eigenvalue weighted by Crippen LogP contribution is -2.01. The van der Waals surface area contributed by atoms with Gasteiger partial charge in [0.25, 0.3) is 5.95 Å². The fourth-order valence-electron chi connectivity index (χ4n) is 2.95. The summed E-state index contributed by atoms with van der Waals surface area (Å²) in [7, 11) is 5.15. The average molecular weight is 362 g/mol. The first-order valence-electron chi connectivity index (χ1n) is 8.30. The number of aryl methyl sites for hydroxylation is 1. The van der Waals surface area contributed by atoms with E-state index in [1.54, 1.807) is 20.4 Å². The molecular weight excluding hydrogens is 344 g/mol. The molecule has 0 aliphatic carbocycles. The molecule has 0 aliphatic rings. The van der Waals surface area contributed by atoms with Crippen molar-refractivity contribution in [2.24, 2.45) is 12.1 Å².